The summed E-state index contributed by atoms with van der Waals surface area (Å²) in [6, 6.07) is 0.401. The van der Waals surface area contributed by atoms with Gasteiger partial charge in [-0.15, -0.1) is 11.8 Å². The zero-order valence-corrected chi connectivity index (χ0v) is 15.0. The molecule has 2 aromatic heterocycles. The molecular formula is C17H22N6OS. The van der Waals surface area contributed by atoms with Crippen LogP contribution in [0, 0.1) is 6.92 Å². The van der Waals surface area contributed by atoms with E-state index < -0.39 is 0 Å². The molecule has 132 valence electrons. The number of fused-ring (bicyclic) bond motifs is 1. The Labute approximate surface area is 150 Å². The minimum atomic E-state index is -0.00936. The normalized spacial score (nSPS) is 23.8. The van der Waals surface area contributed by atoms with Crippen molar-refractivity contribution >= 4 is 34.5 Å². The Kier molecular flexibility index (Phi) is 4.39. The third kappa shape index (κ3) is 3.23. The van der Waals surface area contributed by atoms with Crippen LogP contribution in [0.15, 0.2) is 23.6 Å². The van der Waals surface area contributed by atoms with Gasteiger partial charge in [-0.2, -0.15) is 0 Å². The van der Waals surface area contributed by atoms with Gasteiger partial charge >= 0.3 is 0 Å². The van der Waals surface area contributed by atoms with Gasteiger partial charge in [-0.3, -0.25) is 4.79 Å². The van der Waals surface area contributed by atoms with E-state index in [1.54, 1.807) is 18.1 Å². The second-order valence-electron chi connectivity index (χ2n) is 6.67. The summed E-state index contributed by atoms with van der Waals surface area (Å²) in [5.74, 6) is 1.68. The molecular weight excluding hydrogens is 336 g/mol. The number of nitrogens with two attached hydrogens (primary N) is 1. The molecule has 0 unspecified atom stereocenters. The zero-order valence-electron chi connectivity index (χ0n) is 14.2. The monoisotopic (exact) mass is 358 g/mol. The van der Waals surface area contributed by atoms with Gasteiger partial charge in [-0.05, 0) is 31.7 Å². The second kappa shape index (κ2) is 6.68. The van der Waals surface area contributed by atoms with Crippen LogP contribution in [0.3, 0.4) is 0 Å². The number of hydrogen-bond donors (Lipinski definition) is 3. The lowest BCUT2D eigenvalue weighted by atomic mass is 10.2. The van der Waals surface area contributed by atoms with Crippen LogP contribution in [-0.4, -0.2) is 45.2 Å². The summed E-state index contributed by atoms with van der Waals surface area (Å²) >= 11 is 1.59. The first kappa shape index (κ1) is 16.4. The Balaban J connectivity index is 1.57. The van der Waals surface area contributed by atoms with Crippen LogP contribution in [-0.2, 0) is 4.79 Å². The highest BCUT2D eigenvalue weighted by Crippen LogP contribution is 2.31. The van der Waals surface area contributed by atoms with E-state index in [2.05, 4.69) is 25.2 Å². The third-order valence-electron chi connectivity index (χ3n) is 4.81. The SMILES string of the molecule is Cc1c[nH]c2ncnc(N3C=C(C(=O)N[C@H]4CC[C@H](N)C4)SCC3)c12. The minimum Gasteiger partial charge on any atom is -0.349 e. The molecule has 1 fully saturated rings. The van der Waals surface area contributed by atoms with E-state index in [0.29, 0.717) is 0 Å². The first-order chi connectivity index (χ1) is 12.1. The van der Waals surface area contributed by atoms with Crippen molar-refractivity contribution in [2.75, 3.05) is 17.2 Å². The van der Waals surface area contributed by atoms with Crippen LogP contribution in [0.4, 0.5) is 5.82 Å². The van der Waals surface area contributed by atoms with Gasteiger partial charge in [0.05, 0.1) is 10.3 Å². The molecule has 7 nitrogen and oxygen atoms in total. The fourth-order valence-corrected chi connectivity index (χ4v) is 4.41. The van der Waals surface area contributed by atoms with Crippen molar-refractivity contribution < 1.29 is 4.79 Å². The third-order valence-corrected chi connectivity index (χ3v) is 5.80. The van der Waals surface area contributed by atoms with Crippen molar-refractivity contribution in [1.82, 2.24) is 20.3 Å². The molecule has 1 saturated carbocycles. The summed E-state index contributed by atoms with van der Waals surface area (Å²) in [7, 11) is 0. The van der Waals surface area contributed by atoms with Crippen LogP contribution >= 0.6 is 11.8 Å². The highest BCUT2D eigenvalue weighted by Gasteiger charge is 2.26. The maximum atomic E-state index is 12.6. The van der Waals surface area contributed by atoms with E-state index >= 15 is 0 Å². The average Bonchev–Trinajstić information content (AvgIpc) is 3.21. The van der Waals surface area contributed by atoms with Gasteiger partial charge in [0.25, 0.3) is 5.91 Å². The van der Waals surface area contributed by atoms with E-state index in [0.717, 1.165) is 58.9 Å². The first-order valence-electron chi connectivity index (χ1n) is 8.58. The number of carbonyl (C=O) groups excluding carboxylic acids is 1. The van der Waals surface area contributed by atoms with Crippen LogP contribution < -0.4 is 16.0 Å². The highest BCUT2D eigenvalue weighted by atomic mass is 32.2. The molecule has 4 rings (SSSR count). The number of carbonyl (C=O) groups is 1. The molecule has 0 bridgehead atoms. The molecule has 0 spiro atoms. The Morgan fingerprint density at radius 2 is 2.32 bits per heavy atom. The second-order valence-corrected chi connectivity index (χ2v) is 7.81. The number of aryl methyl sites for hydroxylation is 1. The van der Waals surface area contributed by atoms with Crippen molar-refractivity contribution in [1.29, 1.82) is 0 Å². The van der Waals surface area contributed by atoms with Crippen LogP contribution in [0.5, 0.6) is 0 Å². The number of nitrogens with zero attached hydrogens (tertiary/aromatic N) is 3. The summed E-state index contributed by atoms with van der Waals surface area (Å²) in [4.78, 5) is 27.3. The number of hydrogen-bond acceptors (Lipinski definition) is 6. The summed E-state index contributed by atoms with van der Waals surface area (Å²) in [6.07, 6.45) is 8.21. The molecule has 25 heavy (non-hydrogen) atoms. The molecule has 1 aliphatic heterocycles. The lowest BCUT2D eigenvalue weighted by Gasteiger charge is -2.26. The van der Waals surface area contributed by atoms with Crippen LogP contribution in [0.2, 0.25) is 0 Å². The molecule has 8 heteroatoms. The predicted octanol–water partition coefficient (Wildman–Crippen LogP) is 1.66. The number of nitrogens with one attached hydrogen (secondary N) is 2. The fourth-order valence-electron chi connectivity index (χ4n) is 3.51. The lowest BCUT2D eigenvalue weighted by molar-refractivity contribution is -0.117. The summed E-state index contributed by atoms with van der Waals surface area (Å²) in [5, 5.41) is 4.13. The number of H-pyrrole nitrogens is 1. The smallest absolute Gasteiger partial charge is 0.259 e. The van der Waals surface area contributed by atoms with E-state index in [4.69, 9.17) is 5.73 Å². The van der Waals surface area contributed by atoms with Crippen molar-refractivity contribution in [2.24, 2.45) is 5.73 Å². The molecule has 4 N–H and O–H groups in total. The van der Waals surface area contributed by atoms with E-state index in [1.165, 1.54) is 0 Å². The fraction of sp³-hybridized carbons (Fsp3) is 0.471. The van der Waals surface area contributed by atoms with Crippen LogP contribution in [0.25, 0.3) is 11.0 Å². The molecule has 0 saturated heterocycles. The van der Waals surface area contributed by atoms with E-state index in [-0.39, 0.29) is 18.0 Å². The number of rotatable bonds is 3. The Morgan fingerprint density at radius 1 is 1.44 bits per heavy atom. The van der Waals surface area contributed by atoms with Crippen molar-refractivity contribution in [3.8, 4) is 0 Å². The van der Waals surface area contributed by atoms with Gasteiger partial charge in [0, 0.05) is 36.8 Å². The standard InChI is InChI=1S/C17H22N6OS/c1-10-7-19-15-14(10)16(21-9-20-15)23-4-5-25-13(8-23)17(24)22-12-3-2-11(18)6-12/h7-9,11-12H,2-6,18H2,1H3,(H,22,24)(H,19,20,21)/t11-,12-/m0/s1. The van der Waals surface area contributed by atoms with E-state index in [9.17, 15) is 4.79 Å². The summed E-state index contributed by atoms with van der Waals surface area (Å²) < 4.78 is 0. The number of thioether (sulfide) groups is 1. The number of aromatic amines is 1. The van der Waals surface area contributed by atoms with Gasteiger partial charge in [-0.25, -0.2) is 9.97 Å². The van der Waals surface area contributed by atoms with Gasteiger partial charge in [-0.1, -0.05) is 0 Å². The molecule has 2 aromatic rings. The molecule has 1 aliphatic carbocycles. The Bertz CT molecular complexity index is 832. The van der Waals surface area contributed by atoms with Gasteiger partial charge in [0.1, 0.15) is 17.8 Å². The number of anilines is 1. The Morgan fingerprint density at radius 3 is 3.12 bits per heavy atom. The number of amides is 1. The van der Waals surface area contributed by atoms with Gasteiger partial charge in [0.2, 0.25) is 0 Å². The van der Waals surface area contributed by atoms with E-state index in [1.807, 2.05) is 19.3 Å². The molecule has 0 radical (unpaired) electrons. The molecule has 2 atom stereocenters. The zero-order chi connectivity index (χ0) is 17.4. The maximum Gasteiger partial charge on any atom is 0.259 e. The Hall–Kier alpha value is -2.06. The average molecular weight is 358 g/mol. The summed E-state index contributed by atoms with van der Waals surface area (Å²) in [5.41, 5.74) is 7.86. The number of aromatic nitrogens is 3. The molecule has 0 aromatic carbocycles. The van der Waals surface area contributed by atoms with Crippen LogP contribution in [0.1, 0.15) is 24.8 Å². The van der Waals surface area contributed by atoms with Gasteiger partial charge in [0.15, 0.2) is 0 Å². The lowest BCUT2D eigenvalue weighted by Crippen LogP contribution is -2.36. The quantitative estimate of drug-likeness (QED) is 0.772. The summed E-state index contributed by atoms with van der Waals surface area (Å²) in [6.45, 7) is 2.84. The topological polar surface area (TPSA) is 99.9 Å². The predicted molar refractivity (Wildman–Crippen MR) is 100 cm³/mol. The molecule has 2 aliphatic rings. The van der Waals surface area contributed by atoms with Gasteiger partial charge < -0.3 is 20.9 Å². The maximum absolute atomic E-state index is 12.6. The largest absolute Gasteiger partial charge is 0.349 e. The van der Waals surface area contributed by atoms with Crippen molar-refractivity contribution in [2.45, 2.75) is 38.3 Å². The van der Waals surface area contributed by atoms with Crippen molar-refractivity contribution in [3.05, 3.63) is 29.2 Å². The van der Waals surface area contributed by atoms with Crippen molar-refractivity contribution in [3.63, 3.8) is 0 Å². The molecule has 3 heterocycles. The highest BCUT2D eigenvalue weighted by molar-refractivity contribution is 8.04. The first-order valence-corrected chi connectivity index (χ1v) is 9.57. The molecule has 1 amide bonds. The minimum absolute atomic E-state index is 0.00936.